The van der Waals surface area contributed by atoms with Crippen molar-refractivity contribution in [2.75, 3.05) is 19.5 Å². The standard InChI is InChI=1S/C23H28N4O4/c1-6-27-16(3)18(14-24-27)25-22(28)21-15(2)9-11-26(23(21)29)12-10-17-7-8-19(30-4)20(13-17)31-5/h7-9,11,13-14H,6,10,12H2,1-5H3,(H,25,28). The van der Waals surface area contributed by atoms with Crippen molar-refractivity contribution in [2.45, 2.75) is 40.3 Å². The molecule has 1 amide bonds. The van der Waals surface area contributed by atoms with Gasteiger partial charge in [0.05, 0.1) is 31.8 Å². The number of hydrogen-bond acceptors (Lipinski definition) is 5. The molecule has 31 heavy (non-hydrogen) atoms. The number of nitrogens with zero attached hydrogens (tertiary/aromatic N) is 3. The van der Waals surface area contributed by atoms with E-state index in [4.69, 9.17) is 9.47 Å². The fraction of sp³-hybridized carbons (Fsp3) is 0.348. The number of benzene rings is 1. The molecule has 0 bridgehead atoms. The van der Waals surface area contributed by atoms with Gasteiger partial charge >= 0.3 is 0 Å². The summed E-state index contributed by atoms with van der Waals surface area (Å²) in [6.45, 7) is 6.75. The highest BCUT2D eigenvalue weighted by Gasteiger charge is 2.18. The number of carbonyl (C=O) groups excluding carboxylic acids is 1. The van der Waals surface area contributed by atoms with Crippen LogP contribution >= 0.6 is 0 Å². The molecular formula is C23H28N4O4. The minimum absolute atomic E-state index is 0.137. The van der Waals surface area contributed by atoms with E-state index in [9.17, 15) is 9.59 Å². The number of amides is 1. The van der Waals surface area contributed by atoms with Crippen LogP contribution in [0.1, 0.15) is 34.1 Å². The molecule has 0 aliphatic heterocycles. The zero-order chi connectivity index (χ0) is 22.5. The third-order valence-electron chi connectivity index (χ3n) is 5.34. The number of aryl methyl sites for hydroxylation is 4. The molecule has 0 aliphatic carbocycles. The van der Waals surface area contributed by atoms with Gasteiger partial charge in [-0.05, 0) is 56.5 Å². The van der Waals surface area contributed by atoms with Crippen molar-refractivity contribution in [1.29, 1.82) is 0 Å². The van der Waals surface area contributed by atoms with Crippen LogP contribution in [0, 0.1) is 13.8 Å². The highest BCUT2D eigenvalue weighted by Crippen LogP contribution is 2.27. The predicted octanol–water partition coefficient (Wildman–Crippen LogP) is 3.19. The second-order valence-electron chi connectivity index (χ2n) is 7.23. The third kappa shape index (κ3) is 4.63. The number of pyridine rings is 1. The van der Waals surface area contributed by atoms with Gasteiger partial charge in [-0.1, -0.05) is 6.07 Å². The third-order valence-corrected chi connectivity index (χ3v) is 5.34. The molecule has 0 atom stereocenters. The molecule has 1 aromatic carbocycles. The second-order valence-corrected chi connectivity index (χ2v) is 7.23. The molecule has 164 valence electrons. The maximum absolute atomic E-state index is 13.0. The molecule has 2 heterocycles. The van der Waals surface area contributed by atoms with Gasteiger partial charge in [-0.3, -0.25) is 14.3 Å². The molecular weight excluding hydrogens is 396 g/mol. The van der Waals surface area contributed by atoms with Gasteiger partial charge in [0.2, 0.25) is 0 Å². The van der Waals surface area contributed by atoms with Crippen LogP contribution in [0.5, 0.6) is 11.5 Å². The van der Waals surface area contributed by atoms with E-state index in [2.05, 4.69) is 10.4 Å². The number of hydrogen-bond donors (Lipinski definition) is 1. The molecule has 0 saturated heterocycles. The number of rotatable bonds is 8. The Kier molecular flexibility index (Phi) is 6.79. The first-order valence-corrected chi connectivity index (χ1v) is 10.1. The molecule has 0 aliphatic rings. The quantitative estimate of drug-likeness (QED) is 0.600. The fourth-order valence-corrected chi connectivity index (χ4v) is 3.48. The van der Waals surface area contributed by atoms with E-state index < -0.39 is 5.91 Å². The molecule has 1 N–H and O–H groups in total. The monoisotopic (exact) mass is 424 g/mol. The highest BCUT2D eigenvalue weighted by molar-refractivity contribution is 6.05. The smallest absolute Gasteiger partial charge is 0.263 e. The van der Waals surface area contributed by atoms with Crippen LogP contribution < -0.4 is 20.3 Å². The van der Waals surface area contributed by atoms with Crippen molar-refractivity contribution >= 4 is 11.6 Å². The molecule has 0 saturated carbocycles. The first kappa shape index (κ1) is 22.1. The van der Waals surface area contributed by atoms with E-state index in [-0.39, 0.29) is 11.1 Å². The SMILES string of the molecule is CCn1ncc(NC(=O)c2c(C)ccn(CCc3ccc(OC)c(OC)c3)c2=O)c1C. The Bertz CT molecular complexity index is 1150. The molecule has 3 aromatic rings. The van der Waals surface area contributed by atoms with Crippen molar-refractivity contribution in [3.05, 3.63) is 69.4 Å². The molecule has 0 fully saturated rings. The summed E-state index contributed by atoms with van der Waals surface area (Å²) in [6.07, 6.45) is 3.92. The maximum atomic E-state index is 13.0. The molecule has 3 rings (SSSR count). The van der Waals surface area contributed by atoms with Gasteiger partial charge in [0.25, 0.3) is 11.5 Å². The van der Waals surface area contributed by atoms with Crippen molar-refractivity contribution < 1.29 is 14.3 Å². The van der Waals surface area contributed by atoms with Gasteiger partial charge in [0.1, 0.15) is 5.56 Å². The number of anilines is 1. The molecule has 2 aromatic heterocycles. The summed E-state index contributed by atoms with van der Waals surface area (Å²) < 4.78 is 13.9. The number of nitrogens with one attached hydrogen (secondary N) is 1. The van der Waals surface area contributed by atoms with Gasteiger partial charge < -0.3 is 19.4 Å². The lowest BCUT2D eigenvalue weighted by Gasteiger charge is -2.12. The van der Waals surface area contributed by atoms with Crippen molar-refractivity contribution in [1.82, 2.24) is 14.3 Å². The maximum Gasteiger partial charge on any atom is 0.263 e. The van der Waals surface area contributed by atoms with Crippen LogP contribution in [-0.2, 0) is 19.5 Å². The van der Waals surface area contributed by atoms with E-state index in [1.807, 2.05) is 32.0 Å². The average molecular weight is 425 g/mol. The van der Waals surface area contributed by atoms with E-state index in [0.29, 0.717) is 42.3 Å². The van der Waals surface area contributed by atoms with Crippen molar-refractivity contribution in [3.8, 4) is 11.5 Å². The van der Waals surface area contributed by atoms with Gasteiger partial charge in [-0.2, -0.15) is 5.10 Å². The van der Waals surface area contributed by atoms with E-state index in [1.54, 1.807) is 48.9 Å². The predicted molar refractivity (Wildman–Crippen MR) is 119 cm³/mol. The zero-order valence-corrected chi connectivity index (χ0v) is 18.6. The lowest BCUT2D eigenvalue weighted by molar-refractivity contribution is 0.102. The normalized spacial score (nSPS) is 10.7. The minimum atomic E-state index is -0.429. The molecule has 8 heteroatoms. The number of methoxy groups -OCH3 is 2. The Morgan fingerprint density at radius 3 is 2.52 bits per heavy atom. The summed E-state index contributed by atoms with van der Waals surface area (Å²) in [4.78, 5) is 25.9. The van der Waals surface area contributed by atoms with Gasteiger partial charge in [0, 0.05) is 19.3 Å². The van der Waals surface area contributed by atoms with Crippen LogP contribution in [0.2, 0.25) is 0 Å². The lowest BCUT2D eigenvalue weighted by Crippen LogP contribution is -2.30. The first-order valence-electron chi connectivity index (χ1n) is 10.1. The Balaban J connectivity index is 1.81. The topological polar surface area (TPSA) is 87.4 Å². The summed E-state index contributed by atoms with van der Waals surface area (Å²) in [5.41, 5.74) is 2.89. The minimum Gasteiger partial charge on any atom is -0.493 e. The summed E-state index contributed by atoms with van der Waals surface area (Å²) in [7, 11) is 3.17. The largest absolute Gasteiger partial charge is 0.493 e. The molecule has 0 unspecified atom stereocenters. The molecule has 0 spiro atoms. The highest BCUT2D eigenvalue weighted by atomic mass is 16.5. The fourth-order valence-electron chi connectivity index (χ4n) is 3.48. The number of carbonyl (C=O) groups is 1. The van der Waals surface area contributed by atoms with E-state index in [1.165, 1.54) is 0 Å². The summed E-state index contributed by atoms with van der Waals surface area (Å²) >= 11 is 0. The summed E-state index contributed by atoms with van der Waals surface area (Å²) in [6, 6.07) is 7.44. The Labute approximate surface area is 181 Å². The van der Waals surface area contributed by atoms with Gasteiger partial charge in [-0.15, -0.1) is 0 Å². The Morgan fingerprint density at radius 1 is 1.13 bits per heavy atom. The Morgan fingerprint density at radius 2 is 1.87 bits per heavy atom. The summed E-state index contributed by atoms with van der Waals surface area (Å²) in [5, 5.41) is 7.06. The van der Waals surface area contributed by atoms with Crippen LogP contribution in [0.4, 0.5) is 5.69 Å². The number of ether oxygens (including phenoxy) is 2. The second kappa shape index (κ2) is 9.51. The van der Waals surface area contributed by atoms with Crippen LogP contribution in [-0.4, -0.2) is 34.5 Å². The van der Waals surface area contributed by atoms with Gasteiger partial charge in [-0.25, -0.2) is 0 Å². The van der Waals surface area contributed by atoms with Gasteiger partial charge in [0.15, 0.2) is 11.5 Å². The Hall–Kier alpha value is -3.55. The lowest BCUT2D eigenvalue weighted by atomic mass is 10.1. The van der Waals surface area contributed by atoms with Crippen LogP contribution in [0.15, 0.2) is 41.5 Å². The molecule has 8 nitrogen and oxygen atoms in total. The first-order chi connectivity index (χ1) is 14.9. The van der Waals surface area contributed by atoms with Crippen LogP contribution in [0.3, 0.4) is 0 Å². The van der Waals surface area contributed by atoms with E-state index >= 15 is 0 Å². The van der Waals surface area contributed by atoms with Crippen molar-refractivity contribution in [2.24, 2.45) is 0 Å². The van der Waals surface area contributed by atoms with E-state index in [0.717, 1.165) is 11.3 Å². The average Bonchev–Trinajstić information content (AvgIpc) is 3.12. The summed E-state index contributed by atoms with van der Waals surface area (Å²) in [5.74, 6) is 0.862. The number of aromatic nitrogens is 3. The van der Waals surface area contributed by atoms with Crippen molar-refractivity contribution in [3.63, 3.8) is 0 Å². The zero-order valence-electron chi connectivity index (χ0n) is 18.6. The van der Waals surface area contributed by atoms with Crippen LogP contribution in [0.25, 0.3) is 0 Å². The molecule has 0 radical (unpaired) electrons.